The number of nitrogens with zero attached hydrogens (tertiary/aromatic N) is 1. The first-order valence-electron chi connectivity index (χ1n) is 11.9. The molecule has 0 radical (unpaired) electrons. The Morgan fingerprint density at radius 2 is 1.46 bits per heavy atom. The zero-order chi connectivity index (χ0) is 20.5. The molecule has 1 heterocycles. The first-order valence-corrected chi connectivity index (χ1v) is 11.9. The van der Waals surface area contributed by atoms with Crippen LogP contribution in [0.1, 0.15) is 97.3 Å². The Hall–Kier alpha value is -0.640. The monoisotopic (exact) mass is 393 g/mol. The lowest BCUT2D eigenvalue weighted by atomic mass is 10.1. The van der Waals surface area contributed by atoms with E-state index in [0.29, 0.717) is 6.04 Å². The van der Waals surface area contributed by atoms with Crippen molar-refractivity contribution in [3.05, 3.63) is 24.3 Å². The van der Waals surface area contributed by atoms with Crippen molar-refractivity contribution in [1.29, 1.82) is 0 Å². The molecule has 1 aliphatic heterocycles. The lowest BCUT2D eigenvalue weighted by Gasteiger charge is -2.24. The molecule has 0 aromatic carbocycles. The largest absolute Gasteiger partial charge is 0.350 e. The number of allylic oxidation sites excluding steroid dienone is 4. The molecule has 0 N–H and O–H groups in total. The van der Waals surface area contributed by atoms with Crippen LogP contribution in [-0.2, 0) is 9.47 Å². The van der Waals surface area contributed by atoms with Gasteiger partial charge in [0.1, 0.15) is 0 Å². The van der Waals surface area contributed by atoms with E-state index < -0.39 is 0 Å². The molecule has 0 spiro atoms. The van der Waals surface area contributed by atoms with Gasteiger partial charge in [0.15, 0.2) is 6.29 Å². The van der Waals surface area contributed by atoms with Crippen LogP contribution < -0.4 is 0 Å². The average molecular weight is 394 g/mol. The molecule has 1 saturated heterocycles. The molecule has 0 saturated carbocycles. The normalized spacial score (nSPS) is 21.5. The molecule has 0 aliphatic carbocycles. The van der Waals surface area contributed by atoms with Gasteiger partial charge in [0.25, 0.3) is 0 Å². The predicted molar refractivity (Wildman–Crippen MR) is 122 cm³/mol. The maximum Gasteiger partial charge on any atom is 0.158 e. The first kappa shape index (κ1) is 25.4. The Labute approximate surface area is 175 Å². The fourth-order valence-electron chi connectivity index (χ4n) is 3.51. The molecule has 1 rings (SSSR count). The van der Waals surface area contributed by atoms with Crippen LogP contribution in [-0.4, -0.2) is 44.0 Å². The lowest BCUT2D eigenvalue weighted by molar-refractivity contribution is -0.0727. The molecular formula is C25H47NO2. The highest BCUT2D eigenvalue weighted by Crippen LogP contribution is 2.21. The summed E-state index contributed by atoms with van der Waals surface area (Å²) in [5.41, 5.74) is 0. The highest BCUT2D eigenvalue weighted by Gasteiger charge is 2.30. The van der Waals surface area contributed by atoms with Crippen LogP contribution >= 0.6 is 0 Å². The standard InChI is InChI=1S/C25H47NO2/c1-5-6-7-8-9-10-11-12-13-14-15-16-17-18-19-20-21-25-27-22-24(28-25)23(2)26(3)4/h9-10,12-13,23-25H,5-8,11,14-22H2,1-4H3/b10-9-,13-12-. The highest BCUT2D eigenvalue weighted by molar-refractivity contribution is 4.92. The molecule has 0 bridgehead atoms. The second kappa shape index (κ2) is 17.2. The second-order valence-electron chi connectivity index (χ2n) is 8.51. The molecule has 1 aliphatic rings. The van der Waals surface area contributed by atoms with E-state index in [1.807, 2.05) is 0 Å². The minimum Gasteiger partial charge on any atom is -0.350 e. The molecule has 3 heteroatoms. The van der Waals surface area contributed by atoms with Crippen molar-refractivity contribution in [2.24, 2.45) is 0 Å². The topological polar surface area (TPSA) is 21.7 Å². The fraction of sp³-hybridized carbons (Fsp3) is 0.840. The molecule has 0 aromatic heterocycles. The molecular weight excluding hydrogens is 346 g/mol. The van der Waals surface area contributed by atoms with Gasteiger partial charge in [-0.1, -0.05) is 69.8 Å². The summed E-state index contributed by atoms with van der Waals surface area (Å²) < 4.78 is 11.8. The molecule has 1 fully saturated rings. The van der Waals surface area contributed by atoms with Crippen LogP contribution in [0.5, 0.6) is 0 Å². The van der Waals surface area contributed by atoms with Gasteiger partial charge >= 0.3 is 0 Å². The van der Waals surface area contributed by atoms with Gasteiger partial charge in [-0.25, -0.2) is 0 Å². The van der Waals surface area contributed by atoms with Crippen molar-refractivity contribution in [3.63, 3.8) is 0 Å². The molecule has 3 nitrogen and oxygen atoms in total. The summed E-state index contributed by atoms with van der Waals surface area (Å²) in [7, 11) is 4.20. The van der Waals surface area contributed by atoms with E-state index >= 15 is 0 Å². The minimum absolute atomic E-state index is 0.0261. The molecule has 3 atom stereocenters. The Kier molecular flexibility index (Phi) is 15.6. The Bertz CT molecular complexity index is 405. The van der Waals surface area contributed by atoms with Crippen LogP contribution in [0.15, 0.2) is 24.3 Å². The predicted octanol–water partition coefficient (Wildman–Crippen LogP) is 6.88. The summed E-state index contributed by atoms with van der Waals surface area (Å²) in [6.45, 7) is 5.21. The maximum atomic E-state index is 6.03. The van der Waals surface area contributed by atoms with Crippen molar-refractivity contribution in [1.82, 2.24) is 4.90 Å². The molecule has 3 unspecified atom stereocenters. The summed E-state index contributed by atoms with van der Waals surface area (Å²) in [5, 5.41) is 0. The van der Waals surface area contributed by atoms with Crippen LogP contribution in [0.4, 0.5) is 0 Å². The highest BCUT2D eigenvalue weighted by atomic mass is 16.7. The summed E-state index contributed by atoms with van der Waals surface area (Å²) in [4.78, 5) is 2.21. The quantitative estimate of drug-likeness (QED) is 0.198. The van der Waals surface area contributed by atoms with Gasteiger partial charge in [-0.2, -0.15) is 0 Å². The third kappa shape index (κ3) is 12.7. The van der Waals surface area contributed by atoms with E-state index in [4.69, 9.17) is 9.47 Å². The van der Waals surface area contributed by atoms with Crippen LogP contribution in [0, 0.1) is 0 Å². The van der Waals surface area contributed by atoms with E-state index in [2.05, 4.69) is 57.1 Å². The van der Waals surface area contributed by atoms with E-state index in [1.54, 1.807) is 0 Å². The van der Waals surface area contributed by atoms with Crippen LogP contribution in [0.25, 0.3) is 0 Å². The van der Waals surface area contributed by atoms with E-state index in [9.17, 15) is 0 Å². The average Bonchev–Trinajstić information content (AvgIpc) is 3.15. The van der Waals surface area contributed by atoms with Crippen molar-refractivity contribution in [2.75, 3.05) is 20.7 Å². The smallest absolute Gasteiger partial charge is 0.158 e. The number of rotatable bonds is 17. The van der Waals surface area contributed by atoms with Gasteiger partial charge in [-0.15, -0.1) is 0 Å². The number of ether oxygens (including phenoxy) is 2. The van der Waals surface area contributed by atoms with Crippen molar-refractivity contribution < 1.29 is 9.47 Å². The molecule has 0 amide bonds. The van der Waals surface area contributed by atoms with Gasteiger partial charge in [0.2, 0.25) is 0 Å². The third-order valence-electron chi connectivity index (χ3n) is 5.77. The van der Waals surface area contributed by atoms with Gasteiger partial charge < -0.3 is 14.4 Å². The van der Waals surface area contributed by atoms with Crippen molar-refractivity contribution in [3.8, 4) is 0 Å². The molecule has 164 valence electrons. The lowest BCUT2D eigenvalue weighted by Crippen LogP contribution is -2.38. The summed E-state index contributed by atoms with van der Waals surface area (Å²) in [6.07, 6.45) is 26.1. The van der Waals surface area contributed by atoms with Gasteiger partial charge in [0, 0.05) is 6.04 Å². The fourth-order valence-corrected chi connectivity index (χ4v) is 3.51. The van der Waals surface area contributed by atoms with E-state index in [-0.39, 0.29) is 12.4 Å². The van der Waals surface area contributed by atoms with Crippen LogP contribution in [0.3, 0.4) is 0 Å². The first-order chi connectivity index (χ1) is 13.6. The number of unbranched alkanes of at least 4 members (excludes halogenated alkanes) is 9. The zero-order valence-electron chi connectivity index (χ0n) is 19.2. The minimum atomic E-state index is 0.0261. The van der Waals surface area contributed by atoms with Crippen molar-refractivity contribution in [2.45, 2.75) is 116 Å². The van der Waals surface area contributed by atoms with Crippen LogP contribution in [0.2, 0.25) is 0 Å². The maximum absolute atomic E-state index is 6.03. The van der Waals surface area contributed by atoms with E-state index in [1.165, 1.54) is 70.6 Å². The third-order valence-corrected chi connectivity index (χ3v) is 5.77. The Morgan fingerprint density at radius 1 is 0.857 bits per heavy atom. The van der Waals surface area contributed by atoms with Crippen molar-refractivity contribution >= 4 is 0 Å². The summed E-state index contributed by atoms with van der Waals surface area (Å²) in [6, 6.07) is 0.417. The Balaban J connectivity index is 1.85. The Morgan fingerprint density at radius 3 is 2.11 bits per heavy atom. The summed E-state index contributed by atoms with van der Waals surface area (Å²) >= 11 is 0. The molecule has 28 heavy (non-hydrogen) atoms. The second-order valence-corrected chi connectivity index (χ2v) is 8.51. The number of hydrogen-bond acceptors (Lipinski definition) is 3. The van der Waals surface area contributed by atoms with Gasteiger partial charge in [-0.3, -0.25) is 0 Å². The van der Waals surface area contributed by atoms with E-state index in [0.717, 1.165) is 19.4 Å². The number of hydrogen-bond donors (Lipinski definition) is 0. The SMILES string of the molecule is CCCCC/C=C\C/C=C\CCCCCCCCC1OCC(C(C)N(C)C)O1. The summed E-state index contributed by atoms with van der Waals surface area (Å²) in [5.74, 6) is 0. The van der Waals surface area contributed by atoms with Gasteiger partial charge in [-0.05, 0) is 66.0 Å². The zero-order valence-corrected chi connectivity index (χ0v) is 19.2. The molecule has 0 aromatic rings. The van der Waals surface area contributed by atoms with Gasteiger partial charge in [0.05, 0.1) is 12.7 Å². The number of likely N-dealkylation sites (N-methyl/N-ethyl adjacent to an activating group) is 1.